The van der Waals surface area contributed by atoms with Crippen LogP contribution in [0.15, 0.2) is 65.1 Å². The van der Waals surface area contributed by atoms with Crippen LogP contribution in [0.1, 0.15) is 17.6 Å². The third kappa shape index (κ3) is 5.47. The van der Waals surface area contributed by atoms with Gasteiger partial charge in [0.05, 0.1) is 18.7 Å². The van der Waals surface area contributed by atoms with Crippen molar-refractivity contribution >= 4 is 34.7 Å². The highest BCUT2D eigenvalue weighted by atomic mass is 32.2. The van der Waals surface area contributed by atoms with E-state index in [0.717, 1.165) is 27.8 Å². The van der Waals surface area contributed by atoms with E-state index in [4.69, 9.17) is 4.74 Å². The van der Waals surface area contributed by atoms with Crippen LogP contribution in [-0.4, -0.2) is 37.7 Å². The number of ether oxygens (including phenoxy) is 1. The van der Waals surface area contributed by atoms with E-state index in [1.807, 2.05) is 66.9 Å². The number of para-hydroxylation sites is 3. The van der Waals surface area contributed by atoms with Gasteiger partial charge in [-0.3, -0.25) is 4.79 Å². The molecule has 0 aliphatic carbocycles. The maximum atomic E-state index is 12.2. The van der Waals surface area contributed by atoms with Gasteiger partial charge in [0.2, 0.25) is 11.1 Å². The van der Waals surface area contributed by atoms with E-state index in [0.29, 0.717) is 17.5 Å². The van der Waals surface area contributed by atoms with Gasteiger partial charge in [-0.2, -0.15) is 4.68 Å². The number of amides is 1. The number of hydrogen-bond acceptors (Lipinski definition) is 8. The molecule has 0 fully saturated rings. The number of hydrogen-bond donors (Lipinski definition) is 1. The number of anilines is 1. The lowest BCUT2D eigenvalue weighted by molar-refractivity contribution is -0.115. The minimum absolute atomic E-state index is 0.0868. The van der Waals surface area contributed by atoms with Crippen molar-refractivity contribution in [3.8, 4) is 11.4 Å². The lowest BCUT2D eigenvalue weighted by Gasteiger charge is -2.10. The van der Waals surface area contributed by atoms with Crippen LogP contribution in [0.2, 0.25) is 0 Å². The second-order valence-corrected chi connectivity index (χ2v) is 8.27. The van der Waals surface area contributed by atoms with E-state index < -0.39 is 0 Å². The van der Waals surface area contributed by atoms with Crippen LogP contribution in [0.25, 0.3) is 5.69 Å². The second-order valence-electron chi connectivity index (χ2n) is 6.39. The Kier molecular flexibility index (Phi) is 6.90. The van der Waals surface area contributed by atoms with Gasteiger partial charge in [-0.05, 0) is 41.6 Å². The Bertz CT molecular complexity index is 1150. The van der Waals surface area contributed by atoms with Crippen molar-refractivity contribution < 1.29 is 9.53 Å². The van der Waals surface area contributed by atoms with Crippen molar-refractivity contribution in [2.45, 2.75) is 24.3 Å². The third-order valence-electron chi connectivity index (χ3n) is 4.15. The van der Waals surface area contributed by atoms with Gasteiger partial charge in [0.1, 0.15) is 16.4 Å². The summed E-state index contributed by atoms with van der Waals surface area (Å²) >= 11 is 2.95. The molecule has 0 aliphatic rings. The number of carbonyl (C=O) groups excluding carboxylic acids is 1. The Balaban J connectivity index is 1.38. The van der Waals surface area contributed by atoms with Crippen LogP contribution in [-0.2, 0) is 17.0 Å². The number of aromatic nitrogens is 5. The zero-order valence-electron chi connectivity index (χ0n) is 16.8. The molecule has 2 aromatic heterocycles. The van der Waals surface area contributed by atoms with Gasteiger partial charge in [-0.15, -0.1) is 16.4 Å². The molecule has 2 heterocycles. The van der Waals surface area contributed by atoms with Crippen molar-refractivity contribution in [1.29, 1.82) is 0 Å². The molecule has 0 saturated carbocycles. The van der Waals surface area contributed by atoms with Crippen LogP contribution in [0.3, 0.4) is 0 Å². The molecular weight excluding hydrogens is 432 g/mol. The minimum atomic E-state index is -0.0868. The quantitative estimate of drug-likeness (QED) is 0.384. The molecular formula is C21H20N6O2S2. The molecule has 10 heteroatoms. The monoisotopic (exact) mass is 452 g/mol. The number of tetrazole rings is 1. The maximum Gasteiger partial charge on any atom is 0.231 e. The Hall–Kier alpha value is -3.24. The smallest absolute Gasteiger partial charge is 0.231 e. The highest BCUT2D eigenvalue weighted by Gasteiger charge is 2.15. The molecule has 0 bridgehead atoms. The summed E-state index contributed by atoms with van der Waals surface area (Å²) in [6.07, 6.45) is 0.240. The summed E-state index contributed by atoms with van der Waals surface area (Å²) < 4.78 is 7.35. The van der Waals surface area contributed by atoms with Crippen molar-refractivity contribution in [3.05, 3.63) is 70.7 Å². The van der Waals surface area contributed by atoms with Crippen molar-refractivity contribution in [2.24, 2.45) is 0 Å². The molecule has 158 valence electrons. The molecule has 0 radical (unpaired) electrons. The van der Waals surface area contributed by atoms with Crippen LogP contribution in [0, 0.1) is 0 Å². The van der Waals surface area contributed by atoms with E-state index >= 15 is 0 Å². The molecule has 0 atom stereocenters. The SMILES string of the molecule is CCOc1ccccc1-n1nnnc1SCc1csc(CC(=O)Nc2ccccc2)n1. The van der Waals surface area contributed by atoms with Gasteiger partial charge < -0.3 is 10.1 Å². The number of nitrogens with one attached hydrogen (secondary N) is 1. The van der Waals surface area contributed by atoms with Crippen LogP contribution >= 0.6 is 23.1 Å². The first kappa shape index (κ1) is 21.0. The van der Waals surface area contributed by atoms with Crippen LogP contribution in [0.4, 0.5) is 5.69 Å². The lowest BCUT2D eigenvalue weighted by Crippen LogP contribution is -2.14. The highest BCUT2D eigenvalue weighted by molar-refractivity contribution is 7.98. The van der Waals surface area contributed by atoms with E-state index in [1.54, 1.807) is 4.68 Å². The van der Waals surface area contributed by atoms with Gasteiger partial charge in [0, 0.05) is 16.8 Å². The molecule has 1 amide bonds. The number of thiazole rings is 1. The van der Waals surface area contributed by atoms with Crippen LogP contribution in [0.5, 0.6) is 5.75 Å². The Morgan fingerprint density at radius 2 is 1.97 bits per heavy atom. The Morgan fingerprint density at radius 3 is 2.81 bits per heavy atom. The van der Waals surface area contributed by atoms with Gasteiger partial charge in [-0.1, -0.05) is 42.1 Å². The van der Waals surface area contributed by atoms with E-state index in [2.05, 4.69) is 25.8 Å². The fraction of sp³-hybridized carbons (Fsp3) is 0.190. The molecule has 0 aliphatic heterocycles. The Morgan fingerprint density at radius 1 is 1.16 bits per heavy atom. The molecule has 8 nitrogen and oxygen atoms in total. The van der Waals surface area contributed by atoms with Gasteiger partial charge in [0.25, 0.3) is 0 Å². The van der Waals surface area contributed by atoms with E-state index in [1.165, 1.54) is 23.1 Å². The molecule has 31 heavy (non-hydrogen) atoms. The topological polar surface area (TPSA) is 94.8 Å². The molecule has 0 spiro atoms. The predicted molar refractivity (Wildman–Crippen MR) is 121 cm³/mol. The number of rotatable bonds is 9. The fourth-order valence-electron chi connectivity index (χ4n) is 2.83. The second kappa shape index (κ2) is 10.2. The van der Waals surface area contributed by atoms with Gasteiger partial charge in [0.15, 0.2) is 0 Å². The van der Waals surface area contributed by atoms with Gasteiger partial charge in [-0.25, -0.2) is 4.98 Å². The summed E-state index contributed by atoms with van der Waals surface area (Å²) in [4.78, 5) is 16.8. The van der Waals surface area contributed by atoms with Crippen LogP contribution < -0.4 is 10.1 Å². The summed E-state index contributed by atoms with van der Waals surface area (Å²) in [5.41, 5.74) is 2.44. The summed E-state index contributed by atoms with van der Waals surface area (Å²) in [6.45, 7) is 2.49. The van der Waals surface area contributed by atoms with E-state index in [-0.39, 0.29) is 12.3 Å². The van der Waals surface area contributed by atoms with Crippen molar-refractivity contribution in [3.63, 3.8) is 0 Å². The molecule has 4 aromatic rings. The summed E-state index contributed by atoms with van der Waals surface area (Å²) in [7, 11) is 0. The van der Waals surface area contributed by atoms with Crippen molar-refractivity contribution in [1.82, 2.24) is 25.2 Å². The summed E-state index contributed by atoms with van der Waals surface area (Å²) in [5.74, 6) is 1.23. The molecule has 2 aromatic carbocycles. The lowest BCUT2D eigenvalue weighted by atomic mass is 10.3. The Labute approximate surface area is 187 Å². The summed E-state index contributed by atoms with van der Waals surface area (Å²) in [5, 5.41) is 18.3. The first-order valence-electron chi connectivity index (χ1n) is 9.64. The third-order valence-corrected chi connectivity index (χ3v) is 6.00. The zero-order valence-corrected chi connectivity index (χ0v) is 18.4. The number of benzene rings is 2. The zero-order chi connectivity index (χ0) is 21.5. The first-order valence-corrected chi connectivity index (χ1v) is 11.5. The predicted octanol–water partition coefficient (Wildman–Crippen LogP) is 3.99. The highest BCUT2D eigenvalue weighted by Crippen LogP contribution is 2.28. The molecule has 0 unspecified atom stereocenters. The molecule has 4 rings (SSSR count). The molecule has 1 N–H and O–H groups in total. The fourth-order valence-corrected chi connectivity index (χ4v) is 4.50. The normalized spacial score (nSPS) is 10.7. The summed E-state index contributed by atoms with van der Waals surface area (Å²) in [6, 6.07) is 17.0. The van der Waals surface area contributed by atoms with Crippen molar-refractivity contribution in [2.75, 3.05) is 11.9 Å². The van der Waals surface area contributed by atoms with Gasteiger partial charge >= 0.3 is 0 Å². The van der Waals surface area contributed by atoms with E-state index in [9.17, 15) is 4.79 Å². The number of carbonyl (C=O) groups is 1. The minimum Gasteiger partial charge on any atom is -0.492 e. The number of thioether (sulfide) groups is 1. The average Bonchev–Trinajstić information content (AvgIpc) is 3.43. The first-order chi connectivity index (χ1) is 15.2. The number of nitrogens with zero attached hydrogens (tertiary/aromatic N) is 5. The standard InChI is InChI=1S/C21H20N6O2S2/c1-2-29-18-11-7-6-10-17(18)27-21(24-25-26-27)31-14-16-13-30-20(23-16)12-19(28)22-15-8-4-3-5-9-15/h3-11,13H,2,12,14H2,1H3,(H,22,28). The maximum absolute atomic E-state index is 12.2. The largest absolute Gasteiger partial charge is 0.492 e. The average molecular weight is 453 g/mol. The molecule has 0 saturated heterocycles.